The van der Waals surface area contributed by atoms with Crippen molar-refractivity contribution in [2.45, 2.75) is 6.54 Å². The summed E-state index contributed by atoms with van der Waals surface area (Å²) in [6.45, 7) is 0.447. The van der Waals surface area contributed by atoms with E-state index in [4.69, 9.17) is 28.6 Å². The van der Waals surface area contributed by atoms with Crippen molar-refractivity contribution in [3.05, 3.63) is 63.2 Å². The van der Waals surface area contributed by atoms with Gasteiger partial charge in [-0.15, -0.1) is 0 Å². The summed E-state index contributed by atoms with van der Waals surface area (Å²) >= 11 is 11.2. The number of halogens is 1. The SMILES string of the molecule is COc1ccccc1CNC(=S)Nc1cc([N+](=O)[O-])ccc1Cl. The third-order valence-corrected chi connectivity index (χ3v) is 3.62. The molecule has 0 amide bonds. The van der Waals surface area contributed by atoms with Crippen molar-refractivity contribution in [1.29, 1.82) is 0 Å². The van der Waals surface area contributed by atoms with Gasteiger partial charge in [-0.1, -0.05) is 29.8 Å². The normalized spacial score (nSPS) is 10.0. The molecule has 2 rings (SSSR count). The number of nitro benzene ring substituents is 1. The van der Waals surface area contributed by atoms with Crippen LogP contribution in [0.25, 0.3) is 0 Å². The van der Waals surface area contributed by atoms with Gasteiger partial charge in [-0.25, -0.2) is 0 Å². The van der Waals surface area contributed by atoms with Gasteiger partial charge in [0.2, 0.25) is 0 Å². The zero-order valence-corrected chi connectivity index (χ0v) is 13.8. The number of nitro groups is 1. The molecule has 0 saturated heterocycles. The minimum atomic E-state index is -0.493. The molecule has 0 aliphatic carbocycles. The van der Waals surface area contributed by atoms with Crippen LogP contribution in [0.4, 0.5) is 11.4 Å². The summed E-state index contributed by atoms with van der Waals surface area (Å²) < 4.78 is 5.26. The molecule has 0 aliphatic heterocycles. The Morgan fingerprint density at radius 2 is 2.09 bits per heavy atom. The fourth-order valence-corrected chi connectivity index (χ4v) is 2.26. The molecule has 23 heavy (non-hydrogen) atoms. The fraction of sp³-hybridized carbons (Fsp3) is 0.133. The number of thiocarbonyl (C=S) groups is 1. The highest BCUT2D eigenvalue weighted by Crippen LogP contribution is 2.26. The van der Waals surface area contributed by atoms with Crippen molar-refractivity contribution in [3.8, 4) is 5.75 Å². The Hall–Kier alpha value is -2.38. The number of hydrogen-bond donors (Lipinski definition) is 2. The number of nitrogens with one attached hydrogen (secondary N) is 2. The summed E-state index contributed by atoms with van der Waals surface area (Å²) in [6, 6.07) is 11.7. The number of hydrogen-bond acceptors (Lipinski definition) is 4. The van der Waals surface area contributed by atoms with Gasteiger partial charge in [-0.3, -0.25) is 10.1 Å². The summed E-state index contributed by atoms with van der Waals surface area (Å²) in [7, 11) is 1.60. The maximum Gasteiger partial charge on any atom is 0.271 e. The van der Waals surface area contributed by atoms with E-state index in [2.05, 4.69) is 10.6 Å². The van der Waals surface area contributed by atoms with Crippen LogP contribution in [0.5, 0.6) is 5.75 Å². The minimum Gasteiger partial charge on any atom is -0.496 e. The molecular weight excluding hydrogens is 338 g/mol. The van der Waals surface area contributed by atoms with Crippen LogP contribution in [-0.2, 0) is 6.54 Å². The first-order chi connectivity index (χ1) is 11.0. The Balaban J connectivity index is 2.02. The van der Waals surface area contributed by atoms with Crippen LogP contribution in [0.15, 0.2) is 42.5 Å². The third-order valence-electron chi connectivity index (χ3n) is 3.04. The van der Waals surface area contributed by atoms with E-state index < -0.39 is 4.92 Å². The molecular formula is C15H14ClN3O3S. The quantitative estimate of drug-likeness (QED) is 0.485. The molecule has 0 unspecified atom stereocenters. The van der Waals surface area contributed by atoms with Gasteiger partial charge in [0.05, 0.1) is 22.7 Å². The number of nitrogens with zero attached hydrogens (tertiary/aromatic N) is 1. The van der Waals surface area contributed by atoms with E-state index in [-0.39, 0.29) is 5.69 Å². The topological polar surface area (TPSA) is 76.4 Å². The number of ether oxygens (including phenoxy) is 1. The van der Waals surface area contributed by atoms with Gasteiger partial charge in [0.15, 0.2) is 5.11 Å². The smallest absolute Gasteiger partial charge is 0.271 e. The molecule has 0 saturated carbocycles. The molecule has 120 valence electrons. The van der Waals surface area contributed by atoms with E-state index >= 15 is 0 Å². The van der Waals surface area contributed by atoms with E-state index in [9.17, 15) is 10.1 Å². The largest absolute Gasteiger partial charge is 0.496 e. The summed E-state index contributed by atoms with van der Waals surface area (Å²) in [5, 5.41) is 17.3. The summed E-state index contributed by atoms with van der Waals surface area (Å²) in [5.41, 5.74) is 1.24. The molecule has 6 nitrogen and oxygen atoms in total. The molecule has 2 aromatic rings. The molecule has 0 fully saturated rings. The monoisotopic (exact) mass is 351 g/mol. The third kappa shape index (κ3) is 4.54. The summed E-state index contributed by atoms with van der Waals surface area (Å²) in [5.74, 6) is 0.746. The van der Waals surface area contributed by atoms with Gasteiger partial charge < -0.3 is 15.4 Å². The molecule has 0 spiro atoms. The van der Waals surface area contributed by atoms with Gasteiger partial charge in [0.25, 0.3) is 5.69 Å². The van der Waals surface area contributed by atoms with E-state index in [1.165, 1.54) is 18.2 Å². The van der Waals surface area contributed by atoms with E-state index in [0.29, 0.717) is 22.4 Å². The van der Waals surface area contributed by atoms with Crippen molar-refractivity contribution in [1.82, 2.24) is 5.32 Å². The first-order valence-corrected chi connectivity index (χ1v) is 7.40. The van der Waals surface area contributed by atoms with Gasteiger partial charge >= 0.3 is 0 Å². The van der Waals surface area contributed by atoms with Crippen molar-refractivity contribution in [2.24, 2.45) is 0 Å². The highest BCUT2D eigenvalue weighted by molar-refractivity contribution is 7.80. The Labute approximate surface area is 143 Å². The molecule has 0 bridgehead atoms. The Bertz CT molecular complexity index is 740. The molecule has 0 heterocycles. The van der Waals surface area contributed by atoms with Crippen LogP contribution in [0.1, 0.15) is 5.56 Å². The van der Waals surface area contributed by atoms with Gasteiger partial charge in [0, 0.05) is 24.2 Å². The first kappa shape index (κ1) is 17.0. The lowest BCUT2D eigenvalue weighted by Crippen LogP contribution is -2.28. The van der Waals surface area contributed by atoms with E-state index in [1.807, 2.05) is 24.3 Å². The lowest BCUT2D eigenvalue weighted by atomic mass is 10.2. The van der Waals surface area contributed by atoms with E-state index in [0.717, 1.165) is 11.3 Å². The highest BCUT2D eigenvalue weighted by atomic mass is 35.5. The molecule has 8 heteroatoms. The lowest BCUT2D eigenvalue weighted by Gasteiger charge is -2.13. The number of rotatable bonds is 5. The molecule has 0 aliphatic rings. The predicted molar refractivity (Wildman–Crippen MR) is 94.2 cm³/mol. The van der Waals surface area contributed by atoms with Crippen molar-refractivity contribution >= 4 is 40.3 Å². The zero-order valence-electron chi connectivity index (χ0n) is 12.2. The predicted octanol–water partition coefficient (Wildman–Crippen LogP) is 3.74. The Morgan fingerprint density at radius 3 is 2.78 bits per heavy atom. The van der Waals surface area contributed by atoms with Crippen molar-refractivity contribution < 1.29 is 9.66 Å². The fourth-order valence-electron chi connectivity index (χ4n) is 1.91. The number of benzene rings is 2. The van der Waals surface area contributed by atoms with Crippen LogP contribution in [0.3, 0.4) is 0 Å². The summed E-state index contributed by atoms with van der Waals surface area (Å²) in [4.78, 5) is 10.3. The van der Waals surface area contributed by atoms with Gasteiger partial charge in [0.1, 0.15) is 5.75 Å². The average Bonchev–Trinajstić information content (AvgIpc) is 2.55. The van der Waals surface area contributed by atoms with Crippen LogP contribution >= 0.6 is 23.8 Å². The first-order valence-electron chi connectivity index (χ1n) is 6.62. The molecule has 2 aromatic carbocycles. The van der Waals surface area contributed by atoms with Crippen molar-refractivity contribution in [2.75, 3.05) is 12.4 Å². The van der Waals surface area contributed by atoms with Crippen LogP contribution in [-0.4, -0.2) is 17.1 Å². The summed E-state index contributed by atoms with van der Waals surface area (Å²) in [6.07, 6.45) is 0. The second kappa shape index (κ2) is 7.75. The van der Waals surface area contributed by atoms with Crippen molar-refractivity contribution in [3.63, 3.8) is 0 Å². The second-order valence-electron chi connectivity index (χ2n) is 4.54. The maximum absolute atomic E-state index is 10.8. The molecule has 0 atom stereocenters. The van der Waals surface area contributed by atoms with Gasteiger partial charge in [-0.05, 0) is 24.4 Å². The maximum atomic E-state index is 10.8. The van der Waals surface area contributed by atoms with Crippen LogP contribution in [0.2, 0.25) is 5.02 Å². The molecule has 0 aromatic heterocycles. The minimum absolute atomic E-state index is 0.0653. The van der Waals surface area contributed by atoms with Crippen LogP contribution in [0, 0.1) is 10.1 Å². The number of anilines is 1. The van der Waals surface area contributed by atoms with E-state index in [1.54, 1.807) is 7.11 Å². The number of non-ortho nitro benzene ring substituents is 1. The highest BCUT2D eigenvalue weighted by Gasteiger charge is 2.11. The lowest BCUT2D eigenvalue weighted by molar-refractivity contribution is -0.384. The molecule has 2 N–H and O–H groups in total. The zero-order chi connectivity index (χ0) is 16.8. The standard InChI is InChI=1S/C15H14ClN3O3S/c1-22-14-5-3-2-4-10(14)9-17-15(23)18-13-8-11(19(20)21)6-7-12(13)16/h2-8H,9H2,1H3,(H2,17,18,23). The van der Waals surface area contributed by atoms with Crippen LogP contribution < -0.4 is 15.4 Å². The number of para-hydroxylation sites is 1. The Kier molecular flexibility index (Phi) is 5.72. The second-order valence-corrected chi connectivity index (χ2v) is 5.36. The Morgan fingerprint density at radius 1 is 1.35 bits per heavy atom. The number of methoxy groups -OCH3 is 1. The van der Waals surface area contributed by atoms with Gasteiger partial charge in [-0.2, -0.15) is 0 Å². The average molecular weight is 352 g/mol. The molecule has 0 radical (unpaired) electrons.